The maximum absolute atomic E-state index is 13.1. The summed E-state index contributed by atoms with van der Waals surface area (Å²) in [4.78, 5) is 0. The molecule has 0 aliphatic carbocycles. The van der Waals surface area contributed by atoms with E-state index in [0.717, 1.165) is 6.07 Å². The van der Waals surface area contributed by atoms with Crippen molar-refractivity contribution < 1.29 is 8.78 Å². The number of hydrogen-bond acceptors (Lipinski definition) is 1. The lowest BCUT2D eigenvalue weighted by Crippen LogP contribution is -2.06. The van der Waals surface area contributed by atoms with Crippen molar-refractivity contribution in [1.82, 2.24) is 0 Å². The third-order valence-electron chi connectivity index (χ3n) is 2.20. The maximum Gasteiger partial charge on any atom is 0.177 e. The molecule has 0 spiro atoms. The molecule has 1 nitrogen and oxygen atoms in total. The van der Waals surface area contributed by atoms with Gasteiger partial charge in [0.05, 0.1) is 5.02 Å². The fraction of sp³-hybridized carbons (Fsp3) is 0.400. The number of hydrogen-bond donors (Lipinski definition) is 1. The van der Waals surface area contributed by atoms with Crippen molar-refractivity contribution in [3.63, 3.8) is 0 Å². The number of nitrogens with two attached hydrogens (primary N) is 1. The van der Waals surface area contributed by atoms with Crippen molar-refractivity contribution in [3.05, 3.63) is 34.4 Å². The fourth-order valence-corrected chi connectivity index (χ4v) is 1.67. The summed E-state index contributed by atoms with van der Waals surface area (Å²) in [5.74, 6) is -1.85. The second-order valence-electron chi connectivity index (χ2n) is 3.24. The molecule has 0 heterocycles. The van der Waals surface area contributed by atoms with Gasteiger partial charge in [-0.15, -0.1) is 0 Å². The third kappa shape index (κ3) is 2.22. The second-order valence-corrected chi connectivity index (χ2v) is 3.62. The van der Waals surface area contributed by atoms with Crippen LogP contribution in [-0.2, 0) is 0 Å². The topological polar surface area (TPSA) is 26.0 Å². The van der Waals surface area contributed by atoms with Crippen LogP contribution in [0.1, 0.15) is 24.8 Å². The molecule has 1 aromatic rings. The largest absolute Gasteiger partial charge is 0.330 e. The molecule has 0 radical (unpaired) electrons. The van der Waals surface area contributed by atoms with E-state index in [-0.39, 0.29) is 10.9 Å². The van der Waals surface area contributed by atoms with Crippen LogP contribution in [0.15, 0.2) is 12.1 Å². The second kappa shape index (κ2) is 4.71. The lowest BCUT2D eigenvalue weighted by Gasteiger charge is -2.12. The normalized spacial score (nSPS) is 12.9. The van der Waals surface area contributed by atoms with Gasteiger partial charge in [0.1, 0.15) is 0 Å². The van der Waals surface area contributed by atoms with E-state index in [4.69, 9.17) is 17.3 Å². The highest BCUT2D eigenvalue weighted by atomic mass is 35.5. The van der Waals surface area contributed by atoms with Crippen LogP contribution in [0, 0.1) is 11.6 Å². The minimum atomic E-state index is -0.979. The predicted molar refractivity (Wildman–Crippen MR) is 53.5 cm³/mol. The van der Waals surface area contributed by atoms with Crippen LogP contribution in [0.4, 0.5) is 8.78 Å². The molecule has 14 heavy (non-hydrogen) atoms. The molecule has 1 aromatic carbocycles. The van der Waals surface area contributed by atoms with Crippen LogP contribution < -0.4 is 5.73 Å². The average molecular weight is 220 g/mol. The first-order chi connectivity index (χ1) is 6.57. The first-order valence-electron chi connectivity index (χ1n) is 4.41. The summed E-state index contributed by atoms with van der Waals surface area (Å²) in [6.07, 6.45) is 0.699. The molecule has 0 aliphatic rings. The van der Waals surface area contributed by atoms with Gasteiger partial charge in [-0.05, 0) is 30.5 Å². The molecule has 1 atom stereocenters. The first kappa shape index (κ1) is 11.4. The van der Waals surface area contributed by atoms with E-state index >= 15 is 0 Å². The van der Waals surface area contributed by atoms with Crippen LogP contribution in [0.3, 0.4) is 0 Å². The van der Waals surface area contributed by atoms with Gasteiger partial charge < -0.3 is 5.73 Å². The van der Waals surface area contributed by atoms with E-state index in [2.05, 4.69) is 0 Å². The zero-order valence-electron chi connectivity index (χ0n) is 7.86. The van der Waals surface area contributed by atoms with Crippen molar-refractivity contribution in [2.45, 2.75) is 19.3 Å². The standard InChI is InChI=1S/C10H12ClF2N/c1-6(4-5-14)7-2-3-8(12)10(13)9(7)11/h2-3,6H,4-5,14H2,1H3. The first-order valence-corrected chi connectivity index (χ1v) is 4.79. The minimum Gasteiger partial charge on any atom is -0.330 e. The molecular formula is C10H12ClF2N. The van der Waals surface area contributed by atoms with E-state index in [1.54, 1.807) is 0 Å². The highest BCUT2D eigenvalue weighted by Gasteiger charge is 2.15. The molecule has 0 amide bonds. The fourth-order valence-electron chi connectivity index (χ4n) is 1.33. The lowest BCUT2D eigenvalue weighted by molar-refractivity contribution is 0.505. The van der Waals surface area contributed by atoms with Crippen molar-refractivity contribution in [1.29, 1.82) is 0 Å². The highest BCUT2D eigenvalue weighted by molar-refractivity contribution is 6.31. The van der Waals surface area contributed by atoms with Gasteiger partial charge in [0, 0.05) is 0 Å². The Morgan fingerprint density at radius 2 is 2.07 bits per heavy atom. The molecule has 0 aromatic heterocycles. The summed E-state index contributed by atoms with van der Waals surface area (Å²) in [5, 5.41) is -0.133. The van der Waals surface area contributed by atoms with E-state index in [9.17, 15) is 8.78 Å². The smallest absolute Gasteiger partial charge is 0.177 e. The van der Waals surface area contributed by atoms with Crippen LogP contribution >= 0.6 is 11.6 Å². The predicted octanol–water partition coefficient (Wildman–Crippen LogP) is 3.07. The molecular weight excluding hydrogens is 208 g/mol. The molecule has 1 rings (SSSR count). The molecule has 0 aliphatic heterocycles. The minimum absolute atomic E-state index is 0.0441. The van der Waals surface area contributed by atoms with Crippen LogP contribution in [0.5, 0.6) is 0 Å². The molecule has 0 bridgehead atoms. The molecule has 2 N–H and O–H groups in total. The Balaban J connectivity index is 3.04. The Kier molecular flexibility index (Phi) is 3.84. The van der Waals surface area contributed by atoms with Crippen molar-refractivity contribution in [2.24, 2.45) is 5.73 Å². The SMILES string of the molecule is CC(CCN)c1ccc(F)c(F)c1Cl. The van der Waals surface area contributed by atoms with Crippen LogP contribution in [-0.4, -0.2) is 6.54 Å². The van der Waals surface area contributed by atoms with Crippen LogP contribution in [0.2, 0.25) is 5.02 Å². The quantitative estimate of drug-likeness (QED) is 0.777. The zero-order chi connectivity index (χ0) is 10.7. The molecule has 0 saturated heterocycles. The molecule has 0 fully saturated rings. The summed E-state index contributed by atoms with van der Waals surface area (Å²) in [5.41, 5.74) is 5.98. The lowest BCUT2D eigenvalue weighted by atomic mass is 9.97. The zero-order valence-corrected chi connectivity index (χ0v) is 8.61. The van der Waals surface area contributed by atoms with Gasteiger partial charge in [-0.3, -0.25) is 0 Å². The Bertz CT molecular complexity index is 328. The molecule has 1 unspecified atom stereocenters. The maximum atomic E-state index is 13.1. The Morgan fingerprint density at radius 1 is 1.43 bits per heavy atom. The third-order valence-corrected chi connectivity index (χ3v) is 2.58. The van der Waals surface area contributed by atoms with E-state index in [0.29, 0.717) is 18.5 Å². The van der Waals surface area contributed by atoms with Crippen LogP contribution in [0.25, 0.3) is 0 Å². The van der Waals surface area contributed by atoms with E-state index in [1.807, 2.05) is 6.92 Å². The van der Waals surface area contributed by atoms with Gasteiger partial charge in [0.15, 0.2) is 11.6 Å². The Labute approximate surface area is 86.9 Å². The Morgan fingerprint density at radius 3 is 2.64 bits per heavy atom. The summed E-state index contributed by atoms with van der Waals surface area (Å²) < 4.78 is 25.8. The average Bonchev–Trinajstić information content (AvgIpc) is 2.15. The molecule has 4 heteroatoms. The summed E-state index contributed by atoms with van der Waals surface area (Å²) >= 11 is 5.67. The van der Waals surface area contributed by atoms with Crippen molar-refractivity contribution in [3.8, 4) is 0 Å². The number of benzene rings is 1. The monoisotopic (exact) mass is 219 g/mol. The van der Waals surface area contributed by atoms with Gasteiger partial charge in [-0.2, -0.15) is 0 Å². The van der Waals surface area contributed by atoms with Crippen molar-refractivity contribution >= 4 is 11.6 Å². The summed E-state index contributed by atoms with van der Waals surface area (Å²) in [7, 11) is 0. The van der Waals surface area contributed by atoms with Gasteiger partial charge in [0.2, 0.25) is 0 Å². The highest BCUT2D eigenvalue weighted by Crippen LogP contribution is 2.29. The van der Waals surface area contributed by atoms with Gasteiger partial charge >= 0.3 is 0 Å². The van der Waals surface area contributed by atoms with E-state index in [1.165, 1.54) is 6.07 Å². The van der Waals surface area contributed by atoms with Crippen molar-refractivity contribution in [2.75, 3.05) is 6.54 Å². The molecule has 78 valence electrons. The summed E-state index contributed by atoms with van der Waals surface area (Å²) in [6.45, 7) is 2.38. The number of rotatable bonds is 3. The summed E-state index contributed by atoms with van der Waals surface area (Å²) in [6, 6.07) is 2.59. The number of halogens is 3. The van der Waals surface area contributed by atoms with Gasteiger partial charge in [0.25, 0.3) is 0 Å². The molecule has 0 saturated carbocycles. The van der Waals surface area contributed by atoms with Gasteiger partial charge in [-0.1, -0.05) is 24.6 Å². The van der Waals surface area contributed by atoms with Gasteiger partial charge in [-0.25, -0.2) is 8.78 Å². The Hall–Kier alpha value is -0.670. The van der Waals surface area contributed by atoms with E-state index < -0.39 is 11.6 Å².